The summed E-state index contributed by atoms with van der Waals surface area (Å²) >= 11 is 0. The molecule has 4 aliphatic carbocycles. The molecule has 1 saturated heterocycles. The first-order chi connectivity index (χ1) is 16.5. The van der Waals surface area contributed by atoms with Crippen LogP contribution in [0.4, 0.5) is 0 Å². The summed E-state index contributed by atoms with van der Waals surface area (Å²) in [6.07, 6.45) is 7.24. The van der Waals surface area contributed by atoms with E-state index in [1.807, 2.05) is 20.0 Å². The number of carbonyl (C=O) groups excluding carboxylic acids is 3. The van der Waals surface area contributed by atoms with E-state index in [0.29, 0.717) is 25.8 Å². The summed E-state index contributed by atoms with van der Waals surface area (Å²) in [5.74, 6) is -0.494. The molecule has 0 unspecified atom stereocenters. The zero-order valence-corrected chi connectivity index (χ0v) is 21.4. The number of esters is 1. The second-order valence-electron chi connectivity index (χ2n) is 12.6. The third-order valence-electron chi connectivity index (χ3n) is 10.8. The van der Waals surface area contributed by atoms with Crippen LogP contribution in [0, 0.1) is 34.5 Å². The molecule has 2 N–H and O–H groups in total. The zero-order chi connectivity index (χ0) is 25.2. The molecule has 35 heavy (non-hydrogen) atoms. The molecule has 0 aromatic rings. The second-order valence-corrected chi connectivity index (χ2v) is 12.6. The van der Waals surface area contributed by atoms with Gasteiger partial charge in [-0.2, -0.15) is 0 Å². The Morgan fingerprint density at radius 3 is 2.69 bits per heavy atom. The molecule has 0 bridgehead atoms. The van der Waals surface area contributed by atoms with Crippen molar-refractivity contribution in [1.29, 1.82) is 0 Å². The van der Waals surface area contributed by atoms with Crippen LogP contribution >= 0.6 is 0 Å². The summed E-state index contributed by atoms with van der Waals surface area (Å²) in [6.45, 7) is 5.33. The van der Waals surface area contributed by atoms with Gasteiger partial charge in [0.05, 0.1) is 12.0 Å². The van der Waals surface area contributed by atoms with E-state index in [0.717, 1.165) is 45.1 Å². The molecule has 3 saturated carbocycles. The van der Waals surface area contributed by atoms with E-state index in [-0.39, 0.29) is 40.8 Å². The number of hydrogen-bond acceptors (Lipinski definition) is 7. The lowest BCUT2D eigenvalue weighted by atomic mass is 9.45. The van der Waals surface area contributed by atoms with E-state index in [2.05, 4.69) is 11.8 Å². The number of Topliss-reactive ketones (excluding diaryl/α,β-unsaturated/α-hetero) is 1. The quantitative estimate of drug-likeness (QED) is 0.588. The van der Waals surface area contributed by atoms with Gasteiger partial charge >= 0.3 is 5.97 Å². The molecule has 0 aromatic carbocycles. The van der Waals surface area contributed by atoms with Crippen molar-refractivity contribution in [3.05, 3.63) is 11.6 Å². The summed E-state index contributed by atoms with van der Waals surface area (Å²) in [5, 5.41) is 23.3. The average Bonchev–Trinajstić information content (AvgIpc) is 3.08. The van der Waals surface area contributed by atoms with Crippen LogP contribution in [0.2, 0.25) is 0 Å². The van der Waals surface area contributed by atoms with E-state index in [4.69, 9.17) is 4.74 Å². The number of hydrogen-bond donors (Lipinski definition) is 2. The van der Waals surface area contributed by atoms with Crippen LogP contribution in [-0.2, 0) is 19.1 Å². The van der Waals surface area contributed by atoms with Gasteiger partial charge in [0.1, 0.15) is 5.60 Å². The van der Waals surface area contributed by atoms with E-state index in [1.165, 1.54) is 5.57 Å². The standard InChI is InChI=1S/C28H41NO6/c1-26-10-8-19(30)13-18(26)6-7-20-21-9-11-28(34,27(21,2)14-22(31)24(20)26)23(32)16-35-25(33)17-5-4-12-29(3)15-17/h13,17,20-22,24,31,34H,4-12,14-16H2,1-3H3/t17-,20+,21+,22+,24-,26+,27+,28-/m1/s1. The monoisotopic (exact) mass is 487 g/mol. The first kappa shape index (κ1) is 25.1. The summed E-state index contributed by atoms with van der Waals surface area (Å²) < 4.78 is 5.45. The molecule has 0 aromatic heterocycles. The number of aliphatic hydroxyl groups is 2. The normalized spacial score (nSPS) is 45.7. The molecule has 5 aliphatic rings. The molecule has 0 radical (unpaired) electrons. The van der Waals surface area contributed by atoms with Crippen LogP contribution in [0.15, 0.2) is 11.6 Å². The number of ketones is 2. The number of piperidine rings is 1. The number of likely N-dealkylation sites (tertiary alicyclic amines) is 1. The van der Waals surface area contributed by atoms with E-state index < -0.39 is 29.5 Å². The zero-order valence-electron chi connectivity index (χ0n) is 21.4. The first-order valence-corrected chi connectivity index (χ1v) is 13.5. The number of fused-ring (bicyclic) bond motifs is 5. The largest absolute Gasteiger partial charge is 0.457 e. The Kier molecular flexibility index (Phi) is 6.29. The van der Waals surface area contributed by atoms with Crippen LogP contribution in [-0.4, -0.2) is 71.1 Å². The second kappa shape index (κ2) is 8.77. The minimum Gasteiger partial charge on any atom is -0.457 e. The molecule has 5 rings (SSSR count). The fourth-order valence-electron chi connectivity index (χ4n) is 8.88. The highest BCUT2D eigenvalue weighted by Crippen LogP contribution is 2.67. The fourth-order valence-corrected chi connectivity index (χ4v) is 8.88. The van der Waals surface area contributed by atoms with Crippen LogP contribution in [0.1, 0.15) is 71.6 Å². The number of rotatable bonds is 4. The summed E-state index contributed by atoms with van der Waals surface area (Å²) in [7, 11) is 1.98. The maximum Gasteiger partial charge on any atom is 0.310 e. The van der Waals surface area contributed by atoms with Gasteiger partial charge in [-0.15, -0.1) is 0 Å². The van der Waals surface area contributed by atoms with Gasteiger partial charge in [-0.1, -0.05) is 19.4 Å². The van der Waals surface area contributed by atoms with Crippen molar-refractivity contribution in [3.63, 3.8) is 0 Å². The molecular formula is C28H41NO6. The molecule has 1 heterocycles. The topological polar surface area (TPSA) is 104 Å². The predicted molar refractivity (Wildman–Crippen MR) is 129 cm³/mol. The van der Waals surface area contributed by atoms with E-state index >= 15 is 0 Å². The Labute approximate surface area is 208 Å². The maximum absolute atomic E-state index is 13.4. The van der Waals surface area contributed by atoms with Crippen LogP contribution in [0.3, 0.4) is 0 Å². The van der Waals surface area contributed by atoms with Crippen LogP contribution in [0.5, 0.6) is 0 Å². The summed E-state index contributed by atoms with van der Waals surface area (Å²) in [5.41, 5.74) is -1.40. The van der Waals surface area contributed by atoms with Gasteiger partial charge in [-0.05, 0) is 94.2 Å². The van der Waals surface area contributed by atoms with Gasteiger partial charge in [-0.25, -0.2) is 0 Å². The molecule has 194 valence electrons. The van der Waals surface area contributed by atoms with Crippen LogP contribution in [0.25, 0.3) is 0 Å². The molecule has 0 amide bonds. The maximum atomic E-state index is 13.4. The Bertz CT molecular complexity index is 946. The lowest BCUT2D eigenvalue weighted by molar-refractivity contribution is -0.185. The van der Waals surface area contributed by atoms with E-state index in [9.17, 15) is 24.6 Å². The van der Waals surface area contributed by atoms with Gasteiger partial charge < -0.3 is 19.8 Å². The lowest BCUT2D eigenvalue weighted by Gasteiger charge is -2.60. The van der Waals surface area contributed by atoms with Crippen molar-refractivity contribution in [1.82, 2.24) is 4.90 Å². The van der Waals surface area contributed by atoms with E-state index in [1.54, 1.807) is 0 Å². The van der Waals surface area contributed by atoms with Crippen molar-refractivity contribution in [2.24, 2.45) is 34.5 Å². The first-order valence-electron chi connectivity index (χ1n) is 13.5. The number of nitrogens with zero attached hydrogens (tertiary/aromatic N) is 1. The van der Waals surface area contributed by atoms with Crippen molar-refractivity contribution < 1.29 is 29.3 Å². The van der Waals surface area contributed by atoms with Gasteiger partial charge in [-0.3, -0.25) is 14.4 Å². The van der Waals surface area contributed by atoms with Crippen molar-refractivity contribution in [2.75, 3.05) is 26.7 Å². The highest BCUT2D eigenvalue weighted by molar-refractivity contribution is 5.92. The van der Waals surface area contributed by atoms with Crippen molar-refractivity contribution in [3.8, 4) is 0 Å². The molecule has 7 nitrogen and oxygen atoms in total. The lowest BCUT2D eigenvalue weighted by Crippen LogP contribution is -2.62. The third-order valence-corrected chi connectivity index (χ3v) is 10.8. The number of carbonyl (C=O) groups is 3. The van der Waals surface area contributed by atoms with Crippen molar-refractivity contribution >= 4 is 17.5 Å². The van der Waals surface area contributed by atoms with Gasteiger partial charge in [0.2, 0.25) is 5.78 Å². The Morgan fingerprint density at radius 1 is 1.17 bits per heavy atom. The molecule has 7 heteroatoms. The molecule has 4 fully saturated rings. The average molecular weight is 488 g/mol. The SMILES string of the molecule is CN1CCC[C@@H](C(=O)OCC(=O)[C@]2(O)CC[C@H]3[C@@H]4CCC5=CC(=O)CC[C@]5(C)[C@H]4[C@@H](O)C[C@@]32C)C1. The number of aliphatic hydroxyl groups excluding tert-OH is 1. The Balaban J connectivity index is 1.32. The minimum absolute atomic E-state index is 0.0345. The minimum atomic E-state index is -1.60. The third kappa shape index (κ3) is 3.84. The van der Waals surface area contributed by atoms with Crippen molar-refractivity contribution in [2.45, 2.75) is 83.3 Å². The highest BCUT2D eigenvalue weighted by Gasteiger charge is 2.68. The fraction of sp³-hybridized carbons (Fsp3) is 0.821. The van der Waals surface area contributed by atoms with Gasteiger partial charge in [0.15, 0.2) is 12.4 Å². The Morgan fingerprint density at radius 2 is 1.94 bits per heavy atom. The number of ether oxygens (including phenoxy) is 1. The van der Waals surface area contributed by atoms with Gasteiger partial charge in [0.25, 0.3) is 0 Å². The molecule has 0 spiro atoms. The van der Waals surface area contributed by atoms with Crippen LogP contribution < -0.4 is 0 Å². The molecule has 1 aliphatic heterocycles. The summed E-state index contributed by atoms with van der Waals surface area (Å²) in [4.78, 5) is 40.2. The predicted octanol–water partition coefficient (Wildman–Crippen LogP) is 2.67. The smallest absolute Gasteiger partial charge is 0.310 e. The molecular weight excluding hydrogens is 446 g/mol. The number of allylic oxidation sites excluding steroid dienone is 1. The molecule has 8 atom stereocenters. The van der Waals surface area contributed by atoms with Gasteiger partial charge in [0, 0.05) is 18.4 Å². The highest BCUT2D eigenvalue weighted by atomic mass is 16.5. The summed E-state index contributed by atoms with van der Waals surface area (Å²) in [6, 6.07) is 0. The Hall–Kier alpha value is -1.57.